The Kier molecular flexibility index (Phi) is 3.57. The van der Waals surface area contributed by atoms with Crippen molar-refractivity contribution in [2.24, 2.45) is 0 Å². The maximum atomic E-state index is 12.2. The van der Waals surface area contributed by atoms with Gasteiger partial charge < -0.3 is 5.32 Å². The lowest BCUT2D eigenvalue weighted by Gasteiger charge is -2.15. The molecule has 0 bridgehead atoms. The van der Waals surface area contributed by atoms with E-state index in [1.807, 2.05) is 0 Å². The summed E-state index contributed by atoms with van der Waals surface area (Å²) >= 11 is 0. The van der Waals surface area contributed by atoms with Crippen molar-refractivity contribution in [1.82, 2.24) is 10.3 Å². The lowest BCUT2D eigenvalue weighted by atomic mass is 10.0. The third kappa shape index (κ3) is 2.69. The van der Waals surface area contributed by atoms with Crippen LogP contribution in [0.15, 0.2) is 36.7 Å². The average molecular weight is 279 g/mol. The zero-order valence-corrected chi connectivity index (χ0v) is 9.98. The van der Waals surface area contributed by atoms with E-state index in [2.05, 4.69) is 4.98 Å². The number of amides is 1. The number of rotatable bonds is 2. The molecular formula is C13H8F3N3O. The lowest BCUT2D eigenvalue weighted by Crippen LogP contribution is -2.38. The molecule has 0 aliphatic carbocycles. The Bertz CT molecular complexity index is 686. The molecule has 7 heteroatoms. The molecular weight excluding hydrogens is 271 g/mol. The first-order chi connectivity index (χ1) is 9.43. The molecule has 1 aromatic carbocycles. The zero-order chi connectivity index (χ0) is 14.8. The highest BCUT2D eigenvalue weighted by Crippen LogP contribution is 2.24. The summed E-state index contributed by atoms with van der Waals surface area (Å²) in [6, 6.07) is 7.02. The molecule has 1 aromatic heterocycles. The number of nitrogens with zero attached hydrogens (tertiary/aromatic N) is 2. The van der Waals surface area contributed by atoms with E-state index in [0.717, 1.165) is 0 Å². The van der Waals surface area contributed by atoms with Crippen molar-refractivity contribution >= 4 is 16.7 Å². The van der Waals surface area contributed by atoms with Gasteiger partial charge >= 0.3 is 12.1 Å². The van der Waals surface area contributed by atoms with Crippen LogP contribution in [0.4, 0.5) is 13.2 Å². The quantitative estimate of drug-likeness (QED) is 0.918. The van der Waals surface area contributed by atoms with Crippen molar-refractivity contribution in [3.05, 3.63) is 42.2 Å². The summed E-state index contributed by atoms with van der Waals surface area (Å²) in [6.45, 7) is 0. The van der Waals surface area contributed by atoms with E-state index in [9.17, 15) is 18.0 Å². The number of alkyl halides is 3. The van der Waals surface area contributed by atoms with Crippen LogP contribution in [0.3, 0.4) is 0 Å². The second kappa shape index (κ2) is 5.17. The normalized spacial score (nSPS) is 12.7. The number of pyridine rings is 1. The van der Waals surface area contributed by atoms with Gasteiger partial charge in [0.2, 0.25) is 0 Å². The molecule has 1 amide bonds. The smallest absolute Gasteiger partial charge is 0.329 e. The molecule has 1 heterocycles. The van der Waals surface area contributed by atoms with Crippen LogP contribution in [-0.2, 0) is 4.79 Å². The van der Waals surface area contributed by atoms with Crippen molar-refractivity contribution in [3.63, 3.8) is 0 Å². The van der Waals surface area contributed by atoms with Crippen molar-refractivity contribution in [2.45, 2.75) is 12.2 Å². The highest BCUT2D eigenvalue weighted by Gasteiger charge is 2.40. The third-order valence-corrected chi connectivity index (χ3v) is 2.67. The molecule has 20 heavy (non-hydrogen) atoms. The summed E-state index contributed by atoms with van der Waals surface area (Å²) in [6.07, 6.45) is -2.24. The van der Waals surface area contributed by atoms with Gasteiger partial charge in [-0.3, -0.25) is 9.78 Å². The SMILES string of the molecule is N#CC(NC(=O)C(F)(F)F)c1cncc2ccccc12. The molecule has 1 N–H and O–H groups in total. The van der Waals surface area contributed by atoms with E-state index in [1.165, 1.54) is 12.4 Å². The van der Waals surface area contributed by atoms with E-state index in [4.69, 9.17) is 5.26 Å². The highest BCUT2D eigenvalue weighted by atomic mass is 19.4. The van der Waals surface area contributed by atoms with Gasteiger partial charge in [0, 0.05) is 23.3 Å². The largest absolute Gasteiger partial charge is 0.471 e. The number of hydrogen-bond acceptors (Lipinski definition) is 3. The first kappa shape index (κ1) is 13.8. The number of carbonyl (C=O) groups excluding carboxylic acids is 1. The Morgan fingerprint density at radius 1 is 1.30 bits per heavy atom. The van der Waals surface area contributed by atoms with E-state index < -0.39 is 18.1 Å². The van der Waals surface area contributed by atoms with E-state index in [0.29, 0.717) is 10.8 Å². The van der Waals surface area contributed by atoms with Crippen LogP contribution in [0, 0.1) is 11.3 Å². The van der Waals surface area contributed by atoms with Crippen LogP contribution in [0.5, 0.6) is 0 Å². The fraction of sp³-hybridized carbons (Fsp3) is 0.154. The first-order valence-corrected chi connectivity index (χ1v) is 5.53. The summed E-state index contributed by atoms with van der Waals surface area (Å²) in [5.41, 5.74) is 0.225. The van der Waals surface area contributed by atoms with E-state index in [-0.39, 0.29) is 5.56 Å². The summed E-state index contributed by atoms with van der Waals surface area (Å²) < 4.78 is 36.7. The molecule has 0 fully saturated rings. The number of hydrogen-bond donors (Lipinski definition) is 1. The Morgan fingerprint density at radius 3 is 2.65 bits per heavy atom. The van der Waals surface area contributed by atoms with Crippen LogP contribution in [0.2, 0.25) is 0 Å². The molecule has 1 atom stereocenters. The first-order valence-electron chi connectivity index (χ1n) is 5.53. The number of nitrogens with one attached hydrogen (secondary N) is 1. The zero-order valence-electron chi connectivity index (χ0n) is 9.98. The highest BCUT2D eigenvalue weighted by molar-refractivity contribution is 5.87. The Morgan fingerprint density at radius 2 is 2.00 bits per heavy atom. The van der Waals surface area contributed by atoms with Crippen molar-refractivity contribution in [1.29, 1.82) is 5.26 Å². The maximum Gasteiger partial charge on any atom is 0.471 e. The molecule has 4 nitrogen and oxygen atoms in total. The number of halogens is 3. The van der Waals surface area contributed by atoms with Crippen LogP contribution >= 0.6 is 0 Å². The molecule has 0 spiro atoms. The molecule has 2 aromatic rings. The standard InChI is InChI=1S/C13H8F3N3O/c14-13(15,16)12(20)19-11(5-17)10-7-18-6-8-3-1-2-4-9(8)10/h1-4,6-7,11H,(H,19,20). The Balaban J connectivity index is 2.41. The average Bonchev–Trinajstić information content (AvgIpc) is 2.43. The van der Waals surface area contributed by atoms with Gasteiger partial charge in [-0.05, 0) is 5.39 Å². The second-order valence-electron chi connectivity index (χ2n) is 3.98. The van der Waals surface area contributed by atoms with Gasteiger partial charge in [0.05, 0.1) is 6.07 Å². The third-order valence-electron chi connectivity index (χ3n) is 2.67. The van der Waals surface area contributed by atoms with E-state index >= 15 is 0 Å². The predicted molar refractivity (Wildman–Crippen MR) is 64.3 cm³/mol. The number of carbonyl (C=O) groups is 1. The fourth-order valence-corrected chi connectivity index (χ4v) is 1.76. The molecule has 0 saturated carbocycles. The van der Waals surface area contributed by atoms with Gasteiger partial charge in [-0.25, -0.2) is 0 Å². The topological polar surface area (TPSA) is 65.8 Å². The number of aromatic nitrogens is 1. The van der Waals surface area contributed by atoms with Crippen LogP contribution < -0.4 is 5.32 Å². The molecule has 0 aliphatic rings. The van der Waals surface area contributed by atoms with Gasteiger partial charge in [-0.1, -0.05) is 24.3 Å². The lowest BCUT2D eigenvalue weighted by molar-refractivity contribution is -0.174. The minimum absolute atomic E-state index is 0.225. The van der Waals surface area contributed by atoms with Gasteiger partial charge in [-0.15, -0.1) is 0 Å². The fourth-order valence-electron chi connectivity index (χ4n) is 1.76. The van der Waals surface area contributed by atoms with Gasteiger partial charge in [0.1, 0.15) is 6.04 Å². The molecule has 102 valence electrons. The van der Waals surface area contributed by atoms with Crippen LogP contribution in [0.25, 0.3) is 10.8 Å². The van der Waals surface area contributed by atoms with Crippen LogP contribution in [-0.4, -0.2) is 17.1 Å². The minimum atomic E-state index is -5.03. The number of fused-ring (bicyclic) bond motifs is 1. The predicted octanol–water partition coefficient (Wildman–Crippen LogP) is 2.48. The number of nitriles is 1. The van der Waals surface area contributed by atoms with Crippen molar-refractivity contribution < 1.29 is 18.0 Å². The second-order valence-corrected chi connectivity index (χ2v) is 3.98. The molecule has 0 saturated heterocycles. The van der Waals surface area contributed by atoms with Gasteiger partial charge in [0.25, 0.3) is 0 Å². The summed E-state index contributed by atoms with van der Waals surface area (Å²) in [4.78, 5) is 14.8. The summed E-state index contributed by atoms with van der Waals surface area (Å²) in [5.74, 6) is -2.16. The number of benzene rings is 1. The van der Waals surface area contributed by atoms with E-state index in [1.54, 1.807) is 35.7 Å². The molecule has 1 unspecified atom stereocenters. The summed E-state index contributed by atoms with van der Waals surface area (Å²) in [7, 11) is 0. The van der Waals surface area contributed by atoms with Gasteiger partial charge in [0.15, 0.2) is 0 Å². The molecule has 0 aliphatic heterocycles. The maximum absolute atomic E-state index is 12.2. The van der Waals surface area contributed by atoms with Crippen LogP contribution in [0.1, 0.15) is 11.6 Å². The molecule has 2 rings (SSSR count). The van der Waals surface area contributed by atoms with Crippen molar-refractivity contribution in [3.8, 4) is 6.07 Å². The Labute approximate surface area is 111 Å². The summed E-state index contributed by atoms with van der Waals surface area (Å²) in [5, 5.41) is 11.9. The van der Waals surface area contributed by atoms with Crippen molar-refractivity contribution in [2.75, 3.05) is 0 Å². The van der Waals surface area contributed by atoms with Gasteiger partial charge in [-0.2, -0.15) is 18.4 Å². The molecule has 0 radical (unpaired) electrons. The Hall–Kier alpha value is -2.62. The minimum Gasteiger partial charge on any atom is -0.329 e. The monoisotopic (exact) mass is 279 g/mol.